The Morgan fingerprint density at radius 1 is 1.05 bits per heavy atom. The predicted octanol–water partition coefficient (Wildman–Crippen LogP) is 4.06. The minimum Gasteiger partial charge on any atom is -0.493 e. The molecular weight excluding hydrogens is 286 g/mol. The van der Waals surface area contributed by atoms with Crippen molar-refractivity contribution in [2.45, 2.75) is 13.0 Å². The number of methoxy groups -OCH3 is 2. The van der Waals surface area contributed by atoms with E-state index in [4.69, 9.17) is 21.1 Å². The highest BCUT2D eigenvalue weighted by atomic mass is 35.5. The zero-order valence-corrected chi connectivity index (χ0v) is 13.3. The Morgan fingerprint density at radius 3 is 2.38 bits per heavy atom. The van der Waals surface area contributed by atoms with Gasteiger partial charge in [0.2, 0.25) is 0 Å². The van der Waals surface area contributed by atoms with Crippen LogP contribution >= 0.6 is 11.6 Å². The van der Waals surface area contributed by atoms with Crippen molar-refractivity contribution in [3.05, 3.63) is 58.6 Å². The van der Waals surface area contributed by atoms with Crippen LogP contribution in [0.2, 0.25) is 5.02 Å². The lowest BCUT2D eigenvalue weighted by molar-refractivity contribution is 0.354. The van der Waals surface area contributed by atoms with Crippen LogP contribution in [0.3, 0.4) is 0 Å². The molecule has 2 aromatic rings. The van der Waals surface area contributed by atoms with E-state index in [2.05, 4.69) is 12.2 Å². The van der Waals surface area contributed by atoms with E-state index in [0.29, 0.717) is 5.75 Å². The van der Waals surface area contributed by atoms with Crippen molar-refractivity contribution in [1.82, 2.24) is 5.32 Å². The smallest absolute Gasteiger partial charge is 0.161 e. The molecule has 3 nitrogen and oxygen atoms in total. The minimum absolute atomic E-state index is 0.0171. The third-order valence-corrected chi connectivity index (χ3v) is 3.71. The van der Waals surface area contributed by atoms with Gasteiger partial charge in [-0.25, -0.2) is 0 Å². The first kappa shape index (κ1) is 15.7. The lowest BCUT2D eigenvalue weighted by Crippen LogP contribution is -2.22. The molecule has 4 heteroatoms. The van der Waals surface area contributed by atoms with Crippen molar-refractivity contribution in [2.75, 3.05) is 20.8 Å². The van der Waals surface area contributed by atoms with Gasteiger partial charge in [0.15, 0.2) is 11.5 Å². The van der Waals surface area contributed by atoms with Gasteiger partial charge in [-0.1, -0.05) is 42.8 Å². The van der Waals surface area contributed by atoms with Crippen LogP contribution in [-0.4, -0.2) is 20.8 Å². The Morgan fingerprint density at radius 2 is 1.76 bits per heavy atom. The molecule has 1 N–H and O–H groups in total. The van der Waals surface area contributed by atoms with E-state index < -0.39 is 0 Å². The summed E-state index contributed by atoms with van der Waals surface area (Å²) >= 11 is 6.34. The first-order chi connectivity index (χ1) is 10.2. The first-order valence-corrected chi connectivity index (χ1v) is 7.28. The molecule has 0 aromatic heterocycles. The maximum atomic E-state index is 6.34. The van der Waals surface area contributed by atoms with E-state index in [1.54, 1.807) is 14.2 Å². The topological polar surface area (TPSA) is 30.5 Å². The maximum Gasteiger partial charge on any atom is 0.161 e. The fourth-order valence-electron chi connectivity index (χ4n) is 2.35. The van der Waals surface area contributed by atoms with Crippen LogP contribution in [0.5, 0.6) is 11.5 Å². The second-order valence-electron chi connectivity index (χ2n) is 4.63. The number of halogens is 1. The maximum absolute atomic E-state index is 6.34. The van der Waals surface area contributed by atoms with Gasteiger partial charge in [0.25, 0.3) is 0 Å². The Bertz CT molecular complexity index is 601. The molecule has 1 unspecified atom stereocenters. The van der Waals surface area contributed by atoms with Crippen molar-refractivity contribution in [2.24, 2.45) is 0 Å². The molecule has 0 fully saturated rings. The van der Waals surface area contributed by atoms with E-state index in [9.17, 15) is 0 Å². The second-order valence-corrected chi connectivity index (χ2v) is 5.03. The zero-order chi connectivity index (χ0) is 15.2. The van der Waals surface area contributed by atoms with Gasteiger partial charge >= 0.3 is 0 Å². The molecule has 2 aromatic carbocycles. The minimum atomic E-state index is 0.0171. The summed E-state index contributed by atoms with van der Waals surface area (Å²) < 4.78 is 10.7. The van der Waals surface area contributed by atoms with Crippen LogP contribution < -0.4 is 14.8 Å². The third-order valence-electron chi connectivity index (χ3n) is 3.37. The van der Waals surface area contributed by atoms with Gasteiger partial charge in [0.05, 0.1) is 20.3 Å². The molecule has 0 radical (unpaired) electrons. The summed E-state index contributed by atoms with van der Waals surface area (Å²) in [6.07, 6.45) is 0. The molecule has 0 heterocycles. The van der Waals surface area contributed by atoms with Crippen LogP contribution in [0, 0.1) is 0 Å². The van der Waals surface area contributed by atoms with Crippen molar-refractivity contribution in [3.63, 3.8) is 0 Å². The fourth-order valence-corrected chi connectivity index (χ4v) is 2.60. The van der Waals surface area contributed by atoms with Crippen LogP contribution in [0.4, 0.5) is 0 Å². The average molecular weight is 306 g/mol. The van der Waals surface area contributed by atoms with Crippen molar-refractivity contribution in [1.29, 1.82) is 0 Å². The third kappa shape index (κ3) is 3.49. The number of hydrogen-bond donors (Lipinski definition) is 1. The molecule has 1 atom stereocenters. The summed E-state index contributed by atoms with van der Waals surface area (Å²) in [7, 11) is 3.27. The largest absolute Gasteiger partial charge is 0.493 e. The molecule has 0 saturated carbocycles. The Balaban J connectivity index is 2.46. The number of benzene rings is 2. The van der Waals surface area contributed by atoms with E-state index in [1.807, 2.05) is 42.5 Å². The Labute approximate surface area is 130 Å². The fraction of sp³-hybridized carbons (Fsp3) is 0.294. The molecule has 0 bridgehead atoms. The van der Waals surface area contributed by atoms with Crippen LogP contribution in [0.15, 0.2) is 42.5 Å². The summed E-state index contributed by atoms with van der Waals surface area (Å²) in [5, 5.41) is 4.21. The molecule has 0 aliphatic carbocycles. The summed E-state index contributed by atoms with van der Waals surface area (Å²) in [6, 6.07) is 13.8. The molecular formula is C17H20ClNO2. The highest BCUT2D eigenvalue weighted by molar-refractivity contribution is 6.31. The quantitative estimate of drug-likeness (QED) is 0.873. The van der Waals surface area contributed by atoms with Crippen LogP contribution in [-0.2, 0) is 0 Å². The first-order valence-electron chi connectivity index (χ1n) is 6.91. The molecule has 0 aliphatic rings. The van der Waals surface area contributed by atoms with Crippen molar-refractivity contribution >= 4 is 11.6 Å². The van der Waals surface area contributed by atoms with Gasteiger partial charge in [0.1, 0.15) is 0 Å². The Kier molecular flexibility index (Phi) is 5.48. The number of ether oxygens (including phenoxy) is 2. The van der Waals surface area contributed by atoms with E-state index >= 15 is 0 Å². The molecule has 0 amide bonds. The lowest BCUT2D eigenvalue weighted by atomic mass is 9.98. The molecule has 0 spiro atoms. The van der Waals surface area contributed by atoms with Crippen LogP contribution in [0.25, 0.3) is 0 Å². The Hall–Kier alpha value is -1.71. The van der Waals surface area contributed by atoms with E-state index in [1.165, 1.54) is 0 Å². The van der Waals surface area contributed by atoms with Gasteiger partial charge in [-0.05, 0) is 35.9 Å². The summed E-state index contributed by atoms with van der Waals surface area (Å²) in [6.45, 7) is 2.91. The van der Waals surface area contributed by atoms with Gasteiger partial charge in [-0.2, -0.15) is 0 Å². The highest BCUT2D eigenvalue weighted by Crippen LogP contribution is 2.34. The summed E-state index contributed by atoms with van der Waals surface area (Å²) in [4.78, 5) is 0. The van der Waals surface area contributed by atoms with Gasteiger partial charge in [-0.3, -0.25) is 0 Å². The van der Waals surface area contributed by atoms with Crippen molar-refractivity contribution in [3.8, 4) is 11.5 Å². The number of hydrogen-bond acceptors (Lipinski definition) is 3. The SMILES string of the molecule is CCNC(c1ccc(OC)c(OC)c1)c1ccccc1Cl. The standard InChI is InChI=1S/C17H20ClNO2/c1-4-19-17(13-7-5-6-8-14(13)18)12-9-10-15(20-2)16(11-12)21-3/h5-11,17,19H,4H2,1-3H3. The molecule has 0 saturated heterocycles. The van der Waals surface area contributed by atoms with Crippen LogP contribution in [0.1, 0.15) is 24.1 Å². The molecule has 0 aliphatic heterocycles. The van der Waals surface area contributed by atoms with E-state index in [0.717, 1.165) is 28.4 Å². The highest BCUT2D eigenvalue weighted by Gasteiger charge is 2.17. The number of nitrogens with one attached hydrogen (secondary N) is 1. The van der Waals surface area contributed by atoms with E-state index in [-0.39, 0.29) is 6.04 Å². The van der Waals surface area contributed by atoms with Gasteiger partial charge < -0.3 is 14.8 Å². The summed E-state index contributed by atoms with van der Waals surface area (Å²) in [5.74, 6) is 1.43. The van der Waals surface area contributed by atoms with Gasteiger partial charge in [0, 0.05) is 5.02 Å². The lowest BCUT2D eigenvalue weighted by Gasteiger charge is -2.21. The monoisotopic (exact) mass is 305 g/mol. The summed E-state index contributed by atoms with van der Waals surface area (Å²) in [5.41, 5.74) is 2.14. The zero-order valence-electron chi connectivity index (χ0n) is 12.5. The van der Waals surface area contributed by atoms with Crippen molar-refractivity contribution < 1.29 is 9.47 Å². The normalized spacial score (nSPS) is 12.0. The van der Waals surface area contributed by atoms with Gasteiger partial charge in [-0.15, -0.1) is 0 Å². The molecule has 112 valence electrons. The average Bonchev–Trinajstić information content (AvgIpc) is 2.53. The molecule has 2 rings (SSSR count). The second kappa shape index (κ2) is 7.34. The predicted molar refractivity (Wildman–Crippen MR) is 86.5 cm³/mol. The number of rotatable bonds is 6. The molecule has 21 heavy (non-hydrogen) atoms.